The Morgan fingerprint density at radius 3 is 2.37 bits per heavy atom. The van der Waals surface area contributed by atoms with Crippen LogP contribution >= 0.6 is 0 Å². The number of quaternary nitrogens is 1. The van der Waals surface area contributed by atoms with Crippen LogP contribution in [0.25, 0.3) is 0 Å². The van der Waals surface area contributed by atoms with Crippen molar-refractivity contribution in [2.45, 2.75) is 70.5 Å². The Labute approximate surface area is 164 Å². The molecule has 6 heteroatoms. The van der Waals surface area contributed by atoms with Crippen molar-refractivity contribution in [2.24, 2.45) is 0 Å². The zero-order chi connectivity index (χ0) is 20.7. The lowest BCUT2D eigenvalue weighted by Gasteiger charge is -2.29. The molecule has 0 aromatic carbocycles. The number of aliphatic carboxylic acids is 1. The molecule has 0 saturated carbocycles. The van der Waals surface area contributed by atoms with Crippen molar-refractivity contribution in [2.75, 3.05) is 27.7 Å². The minimum atomic E-state index is -1.22. The van der Waals surface area contributed by atoms with Gasteiger partial charge in [-0.3, -0.25) is 4.79 Å². The van der Waals surface area contributed by atoms with E-state index < -0.39 is 24.1 Å². The fourth-order valence-electron chi connectivity index (χ4n) is 2.64. The Bertz CT molecular complexity index is 479. The van der Waals surface area contributed by atoms with Crippen LogP contribution in [0.1, 0.15) is 58.3 Å². The topological polar surface area (TPSA) is 86.7 Å². The van der Waals surface area contributed by atoms with Crippen molar-refractivity contribution in [3.05, 3.63) is 24.3 Å². The molecule has 0 saturated heterocycles. The van der Waals surface area contributed by atoms with E-state index in [-0.39, 0.29) is 12.8 Å². The molecule has 0 amide bonds. The Morgan fingerprint density at radius 1 is 1.11 bits per heavy atom. The van der Waals surface area contributed by atoms with Crippen molar-refractivity contribution in [1.82, 2.24) is 0 Å². The number of carbonyl (C=O) groups is 2. The van der Waals surface area contributed by atoms with Gasteiger partial charge in [0.05, 0.1) is 27.2 Å². The molecular weight excluding hydrogens is 346 g/mol. The standard InChI is InChI=1S/C21H37NO5/c1-5-6-7-8-9-10-13-18(23)14-11-12-15-21(26)27-19(16-20(24)25)17-22(2,3)4/h6-7,9-10,18-19,23H,5,8,11-17H2,1-4H3/b7-6+,10-9+. The second-order valence-corrected chi connectivity index (χ2v) is 7.88. The molecule has 0 spiro atoms. The highest BCUT2D eigenvalue weighted by atomic mass is 16.5. The first kappa shape index (κ1) is 25.3. The summed E-state index contributed by atoms with van der Waals surface area (Å²) in [4.78, 5) is 22.8. The molecule has 0 aromatic heterocycles. The van der Waals surface area contributed by atoms with Gasteiger partial charge in [0, 0.05) is 18.8 Å². The molecule has 0 aliphatic rings. The number of aliphatic hydroxyl groups is 1. The third-order valence-corrected chi connectivity index (χ3v) is 3.86. The number of carboxylic acid groups (broad SMARTS) is 1. The Morgan fingerprint density at radius 2 is 1.78 bits per heavy atom. The zero-order valence-corrected chi connectivity index (χ0v) is 17.4. The molecule has 6 nitrogen and oxygen atoms in total. The third-order valence-electron chi connectivity index (χ3n) is 3.86. The smallest absolute Gasteiger partial charge is 0.306 e. The predicted molar refractivity (Wildman–Crippen MR) is 105 cm³/mol. The summed E-state index contributed by atoms with van der Waals surface area (Å²) in [5.41, 5.74) is 0. The fourth-order valence-corrected chi connectivity index (χ4v) is 2.64. The number of carbonyl (C=O) groups excluding carboxylic acids is 2. The van der Waals surface area contributed by atoms with Gasteiger partial charge in [0.2, 0.25) is 0 Å². The summed E-state index contributed by atoms with van der Waals surface area (Å²) in [7, 11) is 5.73. The van der Waals surface area contributed by atoms with E-state index in [1.54, 1.807) is 0 Å². The predicted octanol–water partition coefficient (Wildman–Crippen LogP) is 1.97. The quantitative estimate of drug-likeness (QED) is 0.202. The average Bonchev–Trinajstić information content (AvgIpc) is 2.52. The number of esters is 1. The molecule has 0 bridgehead atoms. The fraction of sp³-hybridized carbons (Fsp3) is 0.714. The van der Waals surface area contributed by atoms with E-state index in [2.05, 4.69) is 19.1 Å². The number of likely N-dealkylation sites (N-methyl/N-ethyl adjacent to an activating group) is 1. The number of ether oxygens (including phenoxy) is 1. The van der Waals surface area contributed by atoms with Gasteiger partial charge in [-0.1, -0.05) is 37.6 Å². The molecular formula is C21H37NO5. The summed E-state index contributed by atoms with van der Waals surface area (Å²) >= 11 is 0. The van der Waals surface area contributed by atoms with E-state index in [9.17, 15) is 19.8 Å². The van der Waals surface area contributed by atoms with Crippen LogP contribution in [0, 0.1) is 0 Å². The van der Waals surface area contributed by atoms with Gasteiger partial charge in [-0.2, -0.15) is 0 Å². The molecule has 156 valence electrons. The summed E-state index contributed by atoms with van der Waals surface area (Å²) in [5.74, 6) is -1.62. The first-order valence-corrected chi connectivity index (χ1v) is 9.82. The summed E-state index contributed by atoms with van der Waals surface area (Å²) in [5, 5.41) is 20.8. The van der Waals surface area contributed by atoms with Crippen LogP contribution in [0.5, 0.6) is 0 Å². The van der Waals surface area contributed by atoms with Crippen LogP contribution in [0.4, 0.5) is 0 Å². The highest BCUT2D eigenvalue weighted by Crippen LogP contribution is 2.11. The van der Waals surface area contributed by atoms with E-state index in [0.29, 0.717) is 30.3 Å². The number of rotatable bonds is 15. The largest absolute Gasteiger partial charge is 0.550 e. The van der Waals surface area contributed by atoms with Crippen LogP contribution in [0.3, 0.4) is 0 Å². The van der Waals surface area contributed by atoms with Gasteiger partial charge in [0.15, 0.2) is 6.10 Å². The van der Waals surface area contributed by atoms with E-state index >= 15 is 0 Å². The minimum Gasteiger partial charge on any atom is -0.550 e. The summed E-state index contributed by atoms with van der Waals surface area (Å²) < 4.78 is 5.80. The minimum absolute atomic E-state index is 0.227. The summed E-state index contributed by atoms with van der Waals surface area (Å²) in [6.45, 7) is 2.51. The van der Waals surface area contributed by atoms with E-state index in [1.165, 1.54) is 0 Å². The van der Waals surface area contributed by atoms with Gasteiger partial charge in [0.25, 0.3) is 0 Å². The molecule has 0 aliphatic heterocycles. The average molecular weight is 384 g/mol. The highest BCUT2D eigenvalue weighted by molar-refractivity contribution is 5.70. The molecule has 0 rings (SSSR count). The maximum atomic E-state index is 11.9. The molecule has 2 unspecified atom stereocenters. The van der Waals surface area contributed by atoms with Crippen molar-refractivity contribution in [3.63, 3.8) is 0 Å². The highest BCUT2D eigenvalue weighted by Gasteiger charge is 2.22. The Balaban J connectivity index is 4.02. The van der Waals surface area contributed by atoms with Gasteiger partial charge in [-0.05, 0) is 32.1 Å². The summed E-state index contributed by atoms with van der Waals surface area (Å²) in [6, 6.07) is 0. The van der Waals surface area contributed by atoms with Crippen molar-refractivity contribution in [1.29, 1.82) is 0 Å². The van der Waals surface area contributed by atoms with E-state index in [0.717, 1.165) is 19.3 Å². The maximum Gasteiger partial charge on any atom is 0.306 e. The number of allylic oxidation sites excluding steroid dienone is 3. The lowest BCUT2D eigenvalue weighted by Crippen LogP contribution is -2.45. The molecule has 27 heavy (non-hydrogen) atoms. The lowest BCUT2D eigenvalue weighted by molar-refractivity contribution is -0.873. The molecule has 1 N–H and O–H groups in total. The number of carboxylic acids is 1. The first-order chi connectivity index (χ1) is 12.6. The number of nitrogens with zero attached hydrogens (tertiary/aromatic N) is 1. The second kappa shape index (κ2) is 14.4. The number of aliphatic hydroxyl groups excluding tert-OH is 1. The number of hydrogen-bond acceptors (Lipinski definition) is 5. The lowest BCUT2D eigenvalue weighted by atomic mass is 10.1. The van der Waals surface area contributed by atoms with Crippen LogP contribution in [-0.4, -0.2) is 61.4 Å². The first-order valence-electron chi connectivity index (χ1n) is 9.82. The monoisotopic (exact) mass is 383 g/mol. The van der Waals surface area contributed by atoms with Crippen molar-refractivity contribution in [3.8, 4) is 0 Å². The van der Waals surface area contributed by atoms with Gasteiger partial charge in [0.1, 0.15) is 6.54 Å². The zero-order valence-electron chi connectivity index (χ0n) is 17.4. The molecule has 0 fully saturated rings. The van der Waals surface area contributed by atoms with Crippen LogP contribution in [-0.2, 0) is 14.3 Å². The van der Waals surface area contributed by atoms with Gasteiger partial charge in [-0.25, -0.2) is 0 Å². The van der Waals surface area contributed by atoms with Gasteiger partial charge < -0.3 is 24.2 Å². The normalized spacial score (nSPS) is 14.6. The maximum absolute atomic E-state index is 11.9. The molecule has 0 aromatic rings. The SMILES string of the molecule is CC/C=C/C/C=C/CC(O)CCCCC(=O)OC(CC(=O)[O-])C[N+](C)(C)C. The van der Waals surface area contributed by atoms with Gasteiger partial charge in [-0.15, -0.1) is 0 Å². The van der Waals surface area contributed by atoms with Crippen LogP contribution in [0.2, 0.25) is 0 Å². The third kappa shape index (κ3) is 17.5. The molecule has 0 heterocycles. The molecule has 0 aliphatic carbocycles. The van der Waals surface area contributed by atoms with E-state index in [4.69, 9.17) is 4.74 Å². The van der Waals surface area contributed by atoms with Crippen LogP contribution in [0.15, 0.2) is 24.3 Å². The summed E-state index contributed by atoms with van der Waals surface area (Å²) in [6.07, 6.45) is 11.6. The Kier molecular flexibility index (Phi) is 13.5. The van der Waals surface area contributed by atoms with Crippen molar-refractivity contribution >= 4 is 11.9 Å². The van der Waals surface area contributed by atoms with E-state index in [1.807, 2.05) is 33.3 Å². The number of hydrogen-bond donors (Lipinski definition) is 1. The molecule has 2 atom stereocenters. The van der Waals surface area contributed by atoms with Gasteiger partial charge >= 0.3 is 5.97 Å². The molecule has 0 radical (unpaired) electrons. The Hall–Kier alpha value is -1.66. The van der Waals surface area contributed by atoms with Crippen molar-refractivity contribution < 1.29 is 29.0 Å². The second-order valence-electron chi connectivity index (χ2n) is 7.88. The number of unbranched alkanes of at least 4 members (excludes halogenated alkanes) is 1. The van der Waals surface area contributed by atoms with Crippen LogP contribution < -0.4 is 5.11 Å².